The Morgan fingerprint density at radius 3 is 1.67 bits per heavy atom. The zero-order chi connectivity index (χ0) is 11.2. The van der Waals surface area contributed by atoms with E-state index >= 15 is 0 Å². The molecule has 0 unspecified atom stereocenters. The van der Waals surface area contributed by atoms with Gasteiger partial charge in [0.05, 0.1) is 0 Å². The van der Waals surface area contributed by atoms with E-state index in [1.807, 2.05) is 0 Å². The number of unbranched alkanes of at least 4 members (excludes halogenated alkanes) is 8. The van der Waals surface area contributed by atoms with Crippen molar-refractivity contribution in [1.82, 2.24) is 0 Å². The summed E-state index contributed by atoms with van der Waals surface area (Å²) in [5.41, 5.74) is 0. The first-order valence-corrected chi connectivity index (χ1v) is 9.24. The van der Waals surface area contributed by atoms with Crippen LogP contribution in [-0.4, -0.2) is 8.86 Å². The molecule has 15 heavy (non-hydrogen) atoms. The van der Waals surface area contributed by atoms with Crippen molar-refractivity contribution in [3.05, 3.63) is 12.2 Å². The van der Waals surface area contributed by atoms with Crippen LogP contribution in [0.25, 0.3) is 0 Å². The predicted octanol–water partition coefficient (Wildman–Crippen LogP) is 5.92. The van der Waals surface area contributed by atoms with Gasteiger partial charge in [-0.3, -0.25) is 0 Å². The lowest BCUT2D eigenvalue weighted by Gasteiger charge is -2.00. The molecule has 0 aromatic heterocycles. The Morgan fingerprint density at radius 1 is 0.600 bits per heavy atom. The first kappa shape index (κ1) is 16.2. The molecule has 0 aliphatic rings. The van der Waals surface area contributed by atoms with Crippen molar-refractivity contribution in [3.63, 3.8) is 0 Å². The van der Waals surface area contributed by atoms with Crippen LogP contribution in [0.4, 0.5) is 0 Å². The number of hydrogen-bond acceptors (Lipinski definition) is 0. The monoisotopic (exact) mass is 434 g/mol. The molecule has 0 N–H and O–H groups in total. The van der Waals surface area contributed by atoms with Gasteiger partial charge in [-0.25, -0.2) is 0 Å². The fourth-order valence-corrected chi connectivity index (χ4v) is 2.50. The summed E-state index contributed by atoms with van der Waals surface area (Å²) in [6.07, 6.45) is 17.4. The minimum Gasteiger partial charge on any atom is -0.0878 e. The molecule has 0 aliphatic carbocycles. The first-order valence-electron chi connectivity index (χ1n) is 6.18. The highest BCUT2D eigenvalue weighted by atomic mass is 127. The van der Waals surface area contributed by atoms with Crippen LogP contribution in [-0.2, 0) is 0 Å². The zero-order valence-electron chi connectivity index (χ0n) is 9.69. The Hall–Kier alpha value is 1.20. The maximum absolute atomic E-state index is 2.47. The van der Waals surface area contributed by atoms with E-state index in [-0.39, 0.29) is 0 Å². The highest BCUT2D eigenvalue weighted by molar-refractivity contribution is 14.1. The highest BCUT2D eigenvalue weighted by Gasteiger charge is 1.91. The van der Waals surface area contributed by atoms with Crippen molar-refractivity contribution in [2.45, 2.75) is 57.8 Å². The number of hydrogen-bond donors (Lipinski definition) is 0. The van der Waals surface area contributed by atoms with E-state index in [1.165, 1.54) is 62.2 Å². The first-order chi connectivity index (χ1) is 7.41. The molecular formula is C13H24I2. The van der Waals surface area contributed by atoms with Crippen LogP contribution in [0, 0.1) is 0 Å². The number of rotatable bonds is 11. The molecule has 0 saturated carbocycles. The molecule has 90 valence electrons. The molecule has 2 heteroatoms. The molecule has 0 rings (SSSR count). The molecular weight excluding hydrogens is 410 g/mol. The van der Waals surface area contributed by atoms with Crippen LogP contribution in [0.3, 0.4) is 0 Å². The SMILES string of the molecule is ICC=CCCCCCCCCCCI. The molecule has 0 spiro atoms. The smallest absolute Gasteiger partial charge is 0.0175 e. The molecule has 0 fully saturated rings. The Bertz CT molecular complexity index is 132. The van der Waals surface area contributed by atoms with Gasteiger partial charge in [0.15, 0.2) is 0 Å². The van der Waals surface area contributed by atoms with Crippen LogP contribution < -0.4 is 0 Å². The molecule has 0 nitrogen and oxygen atoms in total. The molecule has 0 radical (unpaired) electrons. The summed E-state index contributed by atoms with van der Waals surface area (Å²) in [6, 6.07) is 0. The van der Waals surface area contributed by atoms with Gasteiger partial charge < -0.3 is 0 Å². The summed E-state index contributed by atoms with van der Waals surface area (Å²) in [4.78, 5) is 0. The van der Waals surface area contributed by atoms with Gasteiger partial charge in [0.1, 0.15) is 0 Å². The van der Waals surface area contributed by atoms with Gasteiger partial charge in [0.2, 0.25) is 0 Å². The molecule has 0 heterocycles. The van der Waals surface area contributed by atoms with Crippen molar-refractivity contribution in [1.29, 1.82) is 0 Å². The Kier molecular flexibility index (Phi) is 16.4. The third-order valence-electron chi connectivity index (χ3n) is 2.51. The minimum absolute atomic E-state index is 1.16. The minimum atomic E-state index is 1.16. The molecule has 0 aromatic rings. The predicted molar refractivity (Wildman–Crippen MR) is 88.5 cm³/mol. The van der Waals surface area contributed by atoms with Crippen molar-refractivity contribution >= 4 is 45.2 Å². The van der Waals surface area contributed by atoms with Gasteiger partial charge in [-0.1, -0.05) is 95.9 Å². The Labute approximate surface area is 123 Å². The van der Waals surface area contributed by atoms with Gasteiger partial charge in [0.25, 0.3) is 0 Å². The van der Waals surface area contributed by atoms with E-state index in [1.54, 1.807) is 0 Å². The topological polar surface area (TPSA) is 0 Å². The largest absolute Gasteiger partial charge is 0.0878 e. The van der Waals surface area contributed by atoms with E-state index in [4.69, 9.17) is 0 Å². The van der Waals surface area contributed by atoms with Gasteiger partial charge in [-0.15, -0.1) is 0 Å². The van der Waals surface area contributed by atoms with Crippen molar-refractivity contribution in [2.24, 2.45) is 0 Å². The summed E-state index contributed by atoms with van der Waals surface area (Å²) >= 11 is 4.86. The van der Waals surface area contributed by atoms with Crippen LogP contribution in [0.15, 0.2) is 12.2 Å². The zero-order valence-corrected chi connectivity index (χ0v) is 14.0. The van der Waals surface area contributed by atoms with E-state index in [9.17, 15) is 0 Å². The molecule has 0 atom stereocenters. The second-order valence-electron chi connectivity index (χ2n) is 3.93. The standard InChI is InChI=1S/C13H24I2/c14-12-10-8-6-4-2-1-3-5-7-9-11-13-15/h8,10H,1-7,9,11-13H2. The average molecular weight is 434 g/mol. The Balaban J connectivity index is 2.89. The molecule has 0 aliphatic heterocycles. The fourth-order valence-electron chi connectivity index (χ4n) is 1.60. The van der Waals surface area contributed by atoms with E-state index in [0.29, 0.717) is 0 Å². The van der Waals surface area contributed by atoms with Gasteiger partial charge in [-0.2, -0.15) is 0 Å². The van der Waals surface area contributed by atoms with Crippen molar-refractivity contribution in [2.75, 3.05) is 8.86 Å². The summed E-state index contributed by atoms with van der Waals surface area (Å²) in [7, 11) is 0. The normalized spacial score (nSPS) is 11.3. The number of alkyl halides is 2. The van der Waals surface area contributed by atoms with Gasteiger partial charge >= 0.3 is 0 Å². The Morgan fingerprint density at radius 2 is 1.13 bits per heavy atom. The van der Waals surface area contributed by atoms with Crippen LogP contribution >= 0.6 is 45.2 Å². The van der Waals surface area contributed by atoms with Crippen molar-refractivity contribution in [3.8, 4) is 0 Å². The second kappa shape index (κ2) is 15.2. The quantitative estimate of drug-likeness (QED) is 0.164. The van der Waals surface area contributed by atoms with Crippen LogP contribution in [0.2, 0.25) is 0 Å². The van der Waals surface area contributed by atoms with Gasteiger partial charge in [0, 0.05) is 4.43 Å². The van der Waals surface area contributed by atoms with Crippen LogP contribution in [0.5, 0.6) is 0 Å². The molecule has 0 aromatic carbocycles. The highest BCUT2D eigenvalue weighted by Crippen LogP contribution is 2.10. The summed E-state index contributed by atoms with van der Waals surface area (Å²) in [5.74, 6) is 0. The average Bonchev–Trinajstić information content (AvgIpc) is 2.26. The maximum Gasteiger partial charge on any atom is 0.0175 e. The lowest BCUT2D eigenvalue weighted by Crippen LogP contribution is -1.81. The van der Waals surface area contributed by atoms with E-state index < -0.39 is 0 Å². The summed E-state index contributed by atoms with van der Waals surface area (Å²) < 4.78 is 2.50. The number of allylic oxidation sites excluding steroid dienone is 2. The third kappa shape index (κ3) is 15.2. The van der Waals surface area contributed by atoms with Crippen LogP contribution in [0.1, 0.15) is 57.8 Å². The third-order valence-corrected chi connectivity index (χ3v) is 3.78. The van der Waals surface area contributed by atoms with Gasteiger partial charge in [-0.05, 0) is 23.7 Å². The maximum atomic E-state index is 2.47. The summed E-state index contributed by atoms with van der Waals surface area (Å²) in [5, 5.41) is 0. The molecule has 0 bridgehead atoms. The molecule has 0 amide bonds. The van der Waals surface area contributed by atoms with Crippen molar-refractivity contribution < 1.29 is 0 Å². The lowest BCUT2D eigenvalue weighted by molar-refractivity contribution is 0.579. The lowest BCUT2D eigenvalue weighted by atomic mass is 10.1. The number of halogens is 2. The van der Waals surface area contributed by atoms with E-state index in [0.717, 1.165) is 4.43 Å². The summed E-state index contributed by atoms with van der Waals surface area (Å²) in [6.45, 7) is 0. The van der Waals surface area contributed by atoms with E-state index in [2.05, 4.69) is 57.3 Å². The fraction of sp³-hybridized carbons (Fsp3) is 0.846. The molecule has 0 saturated heterocycles. The second-order valence-corrected chi connectivity index (χ2v) is 5.89.